The molecule has 0 saturated heterocycles. The van der Waals surface area contributed by atoms with Crippen LogP contribution in [0.3, 0.4) is 0 Å². The van der Waals surface area contributed by atoms with Crippen LogP contribution in [0.4, 0.5) is 4.39 Å². The molecule has 0 amide bonds. The zero-order valence-electron chi connectivity index (χ0n) is 7.69. The highest BCUT2D eigenvalue weighted by atomic mass is 35.5. The summed E-state index contributed by atoms with van der Waals surface area (Å²) in [5, 5.41) is 27.6. The number of nitriles is 1. The van der Waals surface area contributed by atoms with E-state index in [-0.39, 0.29) is 17.0 Å². The minimum absolute atomic E-state index is 0.00772. The second kappa shape index (κ2) is 5.08. The fraction of sp³-hybridized carbons (Fsp3) is 0.300. The molecule has 0 spiro atoms. The average molecular weight is 230 g/mol. The predicted molar refractivity (Wildman–Crippen MR) is 52.8 cm³/mol. The molecule has 1 rings (SSSR count). The molecule has 1 aromatic rings. The number of hydrogen-bond acceptors (Lipinski definition) is 3. The lowest BCUT2D eigenvalue weighted by molar-refractivity contribution is 0.0325. The summed E-state index contributed by atoms with van der Waals surface area (Å²) in [6, 6.07) is 5.11. The van der Waals surface area contributed by atoms with Crippen molar-refractivity contribution in [2.45, 2.75) is 12.2 Å². The first-order chi connectivity index (χ1) is 7.10. The molecule has 15 heavy (non-hydrogen) atoms. The first kappa shape index (κ1) is 11.9. The molecule has 0 saturated carbocycles. The van der Waals surface area contributed by atoms with E-state index in [0.29, 0.717) is 0 Å². The van der Waals surface area contributed by atoms with E-state index in [2.05, 4.69) is 0 Å². The third kappa shape index (κ3) is 2.66. The molecule has 0 aliphatic heterocycles. The van der Waals surface area contributed by atoms with E-state index in [1.165, 1.54) is 6.07 Å². The lowest BCUT2D eigenvalue weighted by Crippen LogP contribution is -2.20. The standard InChI is InChI=1S/C10H9ClFNO2/c11-4-9(14)10(15)8-2-1-7(12)3-6(8)5-13/h1-3,9-10,14-15H,4H2. The summed E-state index contributed by atoms with van der Waals surface area (Å²) in [6.07, 6.45) is -2.46. The molecule has 2 N–H and O–H groups in total. The average Bonchev–Trinajstić information content (AvgIpc) is 2.26. The van der Waals surface area contributed by atoms with Crippen molar-refractivity contribution in [3.63, 3.8) is 0 Å². The molecule has 5 heteroatoms. The summed E-state index contributed by atoms with van der Waals surface area (Å²) in [5.41, 5.74) is 0.165. The number of aliphatic hydroxyl groups is 2. The molecule has 2 unspecified atom stereocenters. The van der Waals surface area contributed by atoms with Crippen molar-refractivity contribution < 1.29 is 14.6 Å². The molecule has 0 aromatic heterocycles. The lowest BCUT2D eigenvalue weighted by atomic mass is 10.00. The molecule has 0 aliphatic rings. The van der Waals surface area contributed by atoms with Crippen LogP contribution in [-0.2, 0) is 0 Å². The Bertz CT molecular complexity index is 391. The van der Waals surface area contributed by atoms with Gasteiger partial charge in [-0.05, 0) is 12.1 Å². The van der Waals surface area contributed by atoms with Crippen LogP contribution < -0.4 is 0 Å². The Morgan fingerprint density at radius 3 is 2.67 bits per heavy atom. The predicted octanol–water partition coefficient (Wildman–Crippen LogP) is 1.33. The maximum atomic E-state index is 12.8. The number of nitrogens with zero attached hydrogens (tertiary/aromatic N) is 1. The van der Waals surface area contributed by atoms with Gasteiger partial charge in [-0.3, -0.25) is 0 Å². The Morgan fingerprint density at radius 2 is 2.13 bits per heavy atom. The summed E-state index contributed by atoms with van der Waals surface area (Å²) < 4.78 is 12.8. The van der Waals surface area contributed by atoms with Gasteiger partial charge in [0.25, 0.3) is 0 Å². The fourth-order valence-corrected chi connectivity index (χ4v) is 1.34. The van der Waals surface area contributed by atoms with Gasteiger partial charge in [0, 0.05) is 5.56 Å². The van der Waals surface area contributed by atoms with Gasteiger partial charge in [0.15, 0.2) is 0 Å². The van der Waals surface area contributed by atoms with Gasteiger partial charge < -0.3 is 10.2 Å². The van der Waals surface area contributed by atoms with Crippen molar-refractivity contribution in [1.29, 1.82) is 5.26 Å². The molecular formula is C10H9ClFNO2. The molecule has 2 atom stereocenters. The van der Waals surface area contributed by atoms with Crippen LogP contribution in [0.5, 0.6) is 0 Å². The number of alkyl halides is 1. The number of halogens is 2. The summed E-state index contributed by atoms with van der Waals surface area (Å²) in [7, 11) is 0. The number of rotatable bonds is 3. The van der Waals surface area contributed by atoms with Gasteiger partial charge in [0.1, 0.15) is 11.9 Å². The molecule has 0 bridgehead atoms. The maximum Gasteiger partial charge on any atom is 0.124 e. The Balaban J connectivity index is 3.09. The van der Waals surface area contributed by atoms with E-state index in [4.69, 9.17) is 16.9 Å². The fourth-order valence-electron chi connectivity index (χ4n) is 1.17. The molecular weight excluding hydrogens is 221 g/mol. The number of benzene rings is 1. The molecule has 1 aromatic carbocycles. The van der Waals surface area contributed by atoms with E-state index < -0.39 is 18.0 Å². The van der Waals surface area contributed by atoms with E-state index in [1.807, 2.05) is 0 Å². The van der Waals surface area contributed by atoms with Gasteiger partial charge in [-0.2, -0.15) is 5.26 Å². The van der Waals surface area contributed by atoms with E-state index in [9.17, 15) is 14.6 Å². The van der Waals surface area contributed by atoms with Crippen molar-refractivity contribution in [2.24, 2.45) is 0 Å². The first-order valence-electron chi connectivity index (χ1n) is 4.21. The SMILES string of the molecule is N#Cc1cc(F)ccc1C(O)C(O)CCl. The van der Waals surface area contributed by atoms with Crippen LogP contribution in [0.2, 0.25) is 0 Å². The van der Waals surface area contributed by atoms with Crippen molar-refractivity contribution in [1.82, 2.24) is 0 Å². The number of hydrogen-bond donors (Lipinski definition) is 2. The molecule has 80 valence electrons. The monoisotopic (exact) mass is 229 g/mol. The lowest BCUT2D eigenvalue weighted by Gasteiger charge is -2.16. The molecule has 3 nitrogen and oxygen atoms in total. The zero-order chi connectivity index (χ0) is 11.4. The van der Waals surface area contributed by atoms with Gasteiger partial charge in [0.05, 0.1) is 23.6 Å². The highest BCUT2D eigenvalue weighted by molar-refractivity contribution is 6.18. The molecule has 0 fully saturated rings. The van der Waals surface area contributed by atoms with E-state index in [1.54, 1.807) is 6.07 Å². The van der Waals surface area contributed by atoms with Crippen LogP contribution in [0.15, 0.2) is 18.2 Å². The molecule has 0 heterocycles. The minimum Gasteiger partial charge on any atom is -0.389 e. The Kier molecular flexibility index (Phi) is 4.04. The van der Waals surface area contributed by atoms with Crippen molar-refractivity contribution >= 4 is 11.6 Å². The third-order valence-corrected chi connectivity index (χ3v) is 2.29. The summed E-state index contributed by atoms with van der Waals surface area (Å²) in [5.74, 6) is -0.730. The van der Waals surface area contributed by atoms with Crippen molar-refractivity contribution in [2.75, 3.05) is 5.88 Å². The van der Waals surface area contributed by atoms with Gasteiger partial charge >= 0.3 is 0 Å². The second-order valence-electron chi connectivity index (χ2n) is 3.01. The zero-order valence-corrected chi connectivity index (χ0v) is 8.45. The van der Waals surface area contributed by atoms with Crippen LogP contribution in [-0.4, -0.2) is 22.2 Å². The van der Waals surface area contributed by atoms with Crippen molar-refractivity contribution in [3.8, 4) is 6.07 Å². The topological polar surface area (TPSA) is 64.2 Å². The maximum absolute atomic E-state index is 12.8. The minimum atomic E-state index is -1.28. The van der Waals surface area contributed by atoms with Crippen molar-refractivity contribution in [3.05, 3.63) is 35.1 Å². The Hall–Kier alpha value is -1.15. The summed E-state index contributed by atoms with van der Waals surface area (Å²) in [4.78, 5) is 0. The van der Waals surface area contributed by atoms with E-state index in [0.717, 1.165) is 12.1 Å². The van der Waals surface area contributed by atoms with E-state index >= 15 is 0 Å². The quantitative estimate of drug-likeness (QED) is 0.769. The number of aliphatic hydroxyl groups excluding tert-OH is 2. The largest absolute Gasteiger partial charge is 0.389 e. The highest BCUT2D eigenvalue weighted by Gasteiger charge is 2.20. The molecule has 0 aliphatic carbocycles. The van der Waals surface area contributed by atoms with Gasteiger partial charge in [-0.15, -0.1) is 11.6 Å². The van der Waals surface area contributed by atoms with Crippen LogP contribution in [0.25, 0.3) is 0 Å². The summed E-state index contributed by atoms with van der Waals surface area (Å²) >= 11 is 5.36. The van der Waals surface area contributed by atoms with Crippen LogP contribution in [0.1, 0.15) is 17.2 Å². The van der Waals surface area contributed by atoms with Gasteiger partial charge in [0.2, 0.25) is 0 Å². The highest BCUT2D eigenvalue weighted by Crippen LogP contribution is 2.22. The first-order valence-corrected chi connectivity index (χ1v) is 4.75. The van der Waals surface area contributed by atoms with Crippen LogP contribution in [0, 0.1) is 17.1 Å². The summed E-state index contributed by atoms with van der Waals surface area (Å²) in [6.45, 7) is 0. The molecule has 0 radical (unpaired) electrons. The van der Waals surface area contributed by atoms with Crippen LogP contribution >= 0.6 is 11.6 Å². The Morgan fingerprint density at radius 1 is 1.47 bits per heavy atom. The normalized spacial score (nSPS) is 14.3. The second-order valence-corrected chi connectivity index (χ2v) is 3.32. The van der Waals surface area contributed by atoms with Gasteiger partial charge in [-0.25, -0.2) is 4.39 Å². The smallest absolute Gasteiger partial charge is 0.124 e. The third-order valence-electron chi connectivity index (χ3n) is 1.98. The van der Waals surface area contributed by atoms with Gasteiger partial charge in [-0.1, -0.05) is 6.07 Å². The Labute approximate surface area is 91.3 Å².